The molecule has 1 aliphatic heterocycles. The van der Waals surface area contributed by atoms with E-state index >= 15 is 0 Å². The molecule has 4 aromatic rings. The number of fused-ring (bicyclic) bond motifs is 1. The summed E-state index contributed by atoms with van der Waals surface area (Å²) in [5.41, 5.74) is 1.48. The minimum absolute atomic E-state index is 0.167. The monoisotopic (exact) mass is 478 g/mol. The van der Waals surface area contributed by atoms with E-state index in [4.69, 9.17) is 18.6 Å². The summed E-state index contributed by atoms with van der Waals surface area (Å²) in [6.07, 6.45) is 1.62. The number of rotatable bonds is 8. The first kappa shape index (κ1) is 21.9. The lowest BCUT2D eigenvalue weighted by Gasteiger charge is -2.14. The number of carbonyl (C=O) groups is 1. The van der Waals surface area contributed by atoms with Gasteiger partial charge in [-0.2, -0.15) is 0 Å². The molecule has 5 rings (SSSR count). The number of benzene rings is 2. The van der Waals surface area contributed by atoms with E-state index in [0.29, 0.717) is 34.7 Å². The van der Waals surface area contributed by atoms with Crippen molar-refractivity contribution in [2.75, 3.05) is 19.2 Å². The van der Waals surface area contributed by atoms with Crippen LogP contribution in [0.3, 0.4) is 0 Å². The number of anilines is 1. The van der Waals surface area contributed by atoms with E-state index in [1.165, 1.54) is 11.8 Å². The standard InChI is InChI=1S/C24H22N4O5S/c1-15(23(29)25-17-8-9-20-21(12-17)33-14-32-20)34-24-27-26-22(16-5-3-6-18(11-16)30-2)28(24)13-19-7-4-10-31-19/h3-12,15H,13-14H2,1-2H3,(H,25,29)/t15-/m1/s1. The molecule has 174 valence electrons. The number of amides is 1. The summed E-state index contributed by atoms with van der Waals surface area (Å²) in [7, 11) is 1.62. The summed E-state index contributed by atoms with van der Waals surface area (Å²) in [4.78, 5) is 12.9. The normalized spacial score (nSPS) is 13.0. The van der Waals surface area contributed by atoms with E-state index in [2.05, 4.69) is 15.5 Å². The average Bonchev–Trinajstić information content (AvgIpc) is 3.61. The van der Waals surface area contributed by atoms with Gasteiger partial charge in [-0.25, -0.2) is 0 Å². The van der Waals surface area contributed by atoms with Crippen molar-refractivity contribution in [3.05, 3.63) is 66.6 Å². The first-order chi connectivity index (χ1) is 16.6. The van der Waals surface area contributed by atoms with Crippen molar-refractivity contribution in [2.45, 2.75) is 23.9 Å². The van der Waals surface area contributed by atoms with Crippen molar-refractivity contribution in [2.24, 2.45) is 0 Å². The van der Waals surface area contributed by atoms with Crippen molar-refractivity contribution in [1.29, 1.82) is 0 Å². The molecule has 0 saturated carbocycles. The Morgan fingerprint density at radius 1 is 1.15 bits per heavy atom. The summed E-state index contributed by atoms with van der Waals surface area (Å²) in [6, 6.07) is 16.6. The van der Waals surface area contributed by atoms with Gasteiger partial charge >= 0.3 is 0 Å². The molecule has 1 atom stereocenters. The maximum absolute atomic E-state index is 12.9. The molecule has 0 saturated heterocycles. The van der Waals surface area contributed by atoms with Gasteiger partial charge < -0.3 is 23.9 Å². The molecule has 0 radical (unpaired) electrons. The average molecular weight is 479 g/mol. The Morgan fingerprint density at radius 2 is 2.03 bits per heavy atom. The van der Waals surface area contributed by atoms with Crippen LogP contribution in [-0.4, -0.2) is 39.8 Å². The van der Waals surface area contributed by atoms with Gasteiger partial charge in [0.2, 0.25) is 12.7 Å². The van der Waals surface area contributed by atoms with Gasteiger partial charge in [-0.1, -0.05) is 23.9 Å². The van der Waals surface area contributed by atoms with Gasteiger partial charge in [0.1, 0.15) is 11.5 Å². The molecule has 0 unspecified atom stereocenters. The summed E-state index contributed by atoms with van der Waals surface area (Å²) >= 11 is 1.32. The van der Waals surface area contributed by atoms with Crippen molar-refractivity contribution < 1.29 is 23.4 Å². The molecule has 1 amide bonds. The Labute approximate surface area is 200 Å². The van der Waals surface area contributed by atoms with Gasteiger partial charge in [0, 0.05) is 17.3 Å². The number of aromatic nitrogens is 3. The molecule has 1 aliphatic rings. The molecular formula is C24H22N4O5S. The number of nitrogens with zero attached hydrogens (tertiary/aromatic N) is 3. The zero-order valence-electron chi connectivity index (χ0n) is 18.6. The quantitative estimate of drug-likeness (QED) is 0.371. The minimum atomic E-state index is -0.442. The van der Waals surface area contributed by atoms with Gasteiger partial charge in [0.25, 0.3) is 0 Å². The lowest BCUT2D eigenvalue weighted by atomic mass is 10.2. The molecule has 1 N–H and O–H groups in total. The van der Waals surface area contributed by atoms with Crippen LogP contribution in [0, 0.1) is 0 Å². The summed E-state index contributed by atoms with van der Waals surface area (Å²) in [6.45, 7) is 2.43. The molecule has 9 nitrogen and oxygen atoms in total. The topological polar surface area (TPSA) is 101 Å². The third-order valence-corrected chi connectivity index (χ3v) is 6.31. The Kier molecular flexibility index (Phi) is 6.13. The summed E-state index contributed by atoms with van der Waals surface area (Å²) in [5.74, 6) is 3.23. The predicted molar refractivity (Wildman–Crippen MR) is 126 cm³/mol. The lowest BCUT2D eigenvalue weighted by molar-refractivity contribution is -0.115. The molecule has 10 heteroatoms. The largest absolute Gasteiger partial charge is 0.497 e. The Balaban J connectivity index is 1.37. The predicted octanol–water partition coefficient (Wildman–Crippen LogP) is 4.44. The number of carbonyl (C=O) groups excluding carboxylic acids is 1. The van der Waals surface area contributed by atoms with Crippen LogP contribution < -0.4 is 19.5 Å². The molecule has 3 heterocycles. The first-order valence-electron chi connectivity index (χ1n) is 10.6. The van der Waals surface area contributed by atoms with Gasteiger partial charge in [0.05, 0.1) is 25.2 Å². The Morgan fingerprint density at radius 3 is 2.85 bits per heavy atom. The van der Waals surface area contributed by atoms with Crippen LogP contribution in [0.15, 0.2) is 70.4 Å². The highest BCUT2D eigenvalue weighted by atomic mass is 32.2. The van der Waals surface area contributed by atoms with E-state index in [9.17, 15) is 4.79 Å². The number of ether oxygens (including phenoxy) is 3. The van der Waals surface area contributed by atoms with E-state index < -0.39 is 5.25 Å². The fraction of sp³-hybridized carbons (Fsp3) is 0.208. The highest BCUT2D eigenvalue weighted by molar-refractivity contribution is 8.00. The molecular weight excluding hydrogens is 456 g/mol. The Bertz CT molecular complexity index is 1300. The van der Waals surface area contributed by atoms with Crippen molar-refractivity contribution >= 4 is 23.4 Å². The van der Waals surface area contributed by atoms with E-state index in [1.807, 2.05) is 47.9 Å². The second-order valence-electron chi connectivity index (χ2n) is 7.52. The smallest absolute Gasteiger partial charge is 0.237 e. The number of hydrogen-bond donors (Lipinski definition) is 1. The number of hydrogen-bond acceptors (Lipinski definition) is 8. The van der Waals surface area contributed by atoms with Crippen LogP contribution in [0.25, 0.3) is 11.4 Å². The minimum Gasteiger partial charge on any atom is -0.497 e. The molecule has 0 bridgehead atoms. The van der Waals surface area contributed by atoms with Crippen LogP contribution in [-0.2, 0) is 11.3 Å². The zero-order valence-corrected chi connectivity index (χ0v) is 19.4. The van der Waals surface area contributed by atoms with Crippen LogP contribution >= 0.6 is 11.8 Å². The first-order valence-corrected chi connectivity index (χ1v) is 11.5. The van der Waals surface area contributed by atoms with Crippen molar-refractivity contribution in [1.82, 2.24) is 14.8 Å². The lowest BCUT2D eigenvalue weighted by Crippen LogP contribution is -2.23. The fourth-order valence-electron chi connectivity index (χ4n) is 3.48. The molecule has 34 heavy (non-hydrogen) atoms. The maximum Gasteiger partial charge on any atom is 0.237 e. The fourth-order valence-corrected chi connectivity index (χ4v) is 4.33. The van der Waals surface area contributed by atoms with Crippen LogP contribution in [0.5, 0.6) is 17.2 Å². The van der Waals surface area contributed by atoms with Crippen LogP contribution in [0.1, 0.15) is 12.7 Å². The van der Waals surface area contributed by atoms with Crippen molar-refractivity contribution in [3.63, 3.8) is 0 Å². The van der Waals surface area contributed by atoms with E-state index in [-0.39, 0.29) is 12.7 Å². The van der Waals surface area contributed by atoms with E-state index in [0.717, 1.165) is 17.1 Å². The highest BCUT2D eigenvalue weighted by Crippen LogP contribution is 2.35. The SMILES string of the molecule is COc1cccc(-c2nnc(S[C@H](C)C(=O)Nc3ccc4c(c3)OCO4)n2Cc2ccco2)c1. The van der Waals surface area contributed by atoms with Gasteiger partial charge in [-0.3, -0.25) is 9.36 Å². The second kappa shape index (κ2) is 9.52. The number of nitrogens with one attached hydrogen (secondary N) is 1. The van der Waals surface area contributed by atoms with Gasteiger partial charge in [-0.05, 0) is 43.3 Å². The van der Waals surface area contributed by atoms with E-state index in [1.54, 1.807) is 31.6 Å². The highest BCUT2D eigenvalue weighted by Gasteiger charge is 2.23. The van der Waals surface area contributed by atoms with Gasteiger partial charge in [-0.15, -0.1) is 10.2 Å². The number of thioether (sulfide) groups is 1. The summed E-state index contributed by atoms with van der Waals surface area (Å²) < 4.78 is 23.6. The molecule has 2 aromatic heterocycles. The summed E-state index contributed by atoms with van der Waals surface area (Å²) in [5, 5.41) is 11.9. The third-order valence-electron chi connectivity index (χ3n) is 5.23. The molecule has 0 aliphatic carbocycles. The molecule has 2 aromatic carbocycles. The Hall–Kier alpha value is -3.92. The maximum atomic E-state index is 12.9. The molecule has 0 spiro atoms. The second-order valence-corrected chi connectivity index (χ2v) is 8.83. The molecule has 0 fully saturated rings. The zero-order chi connectivity index (χ0) is 23.5. The third kappa shape index (κ3) is 4.58. The van der Waals surface area contributed by atoms with Crippen molar-refractivity contribution in [3.8, 4) is 28.6 Å². The van der Waals surface area contributed by atoms with Crippen LogP contribution in [0.2, 0.25) is 0 Å². The number of methoxy groups -OCH3 is 1. The van der Waals surface area contributed by atoms with Gasteiger partial charge in [0.15, 0.2) is 22.5 Å². The number of furan rings is 1. The van der Waals surface area contributed by atoms with Crippen LogP contribution in [0.4, 0.5) is 5.69 Å².